The molecule has 1 aromatic rings. The van der Waals surface area contributed by atoms with Crippen molar-refractivity contribution in [2.24, 2.45) is 0 Å². The summed E-state index contributed by atoms with van der Waals surface area (Å²) in [5, 5.41) is 30.9. The number of aliphatic carboxylic acids is 1. The fourth-order valence-electron chi connectivity index (χ4n) is 6.32. The van der Waals surface area contributed by atoms with E-state index in [1.165, 1.54) is 6.92 Å². The number of hydrogen-bond acceptors (Lipinski definition) is 10. The number of alkyl halides is 3. The largest absolute Gasteiger partial charge is 0.481 e. The van der Waals surface area contributed by atoms with Gasteiger partial charge < -0.3 is 34.4 Å². The SMILES string of the molecule is C[C@H](OC(=O)CCC(=O)OC1=CC[C@@]2(O)[C@H]3Cc4ccc(CO)c5c4[C@@]2(CCN3C)[C@H]1O5)C(=O)O.O=CC(F)(F)F. The fourth-order valence-corrected chi connectivity index (χ4v) is 6.32. The number of carbonyl (C=O) groups excluding carboxylic acids is 3. The van der Waals surface area contributed by atoms with E-state index >= 15 is 0 Å². The highest BCUT2D eigenvalue weighted by atomic mass is 19.4. The Bertz CT molecular complexity index is 1280. The third kappa shape index (κ3) is 5.31. The van der Waals surface area contributed by atoms with Gasteiger partial charge in [0.05, 0.1) is 30.5 Å². The first-order chi connectivity index (χ1) is 19.2. The number of hydrogen-bond donors (Lipinski definition) is 3. The van der Waals surface area contributed by atoms with Crippen LogP contribution in [0.25, 0.3) is 0 Å². The zero-order chi connectivity index (χ0) is 30.3. The van der Waals surface area contributed by atoms with E-state index in [1.54, 1.807) is 6.08 Å². The van der Waals surface area contributed by atoms with Gasteiger partial charge in [-0.3, -0.25) is 14.4 Å². The van der Waals surface area contributed by atoms with Crippen LogP contribution in [0.15, 0.2) is 24.0 Å². The Labute approximate surface area is 232 Å². The third-order valence-corrected chi connectivity index (χ3v) is 8.18. The second-order valence-corrected chi connectivity index (χ2v) is 10.5. The van der Waals surface area contributed by atoms with Crippen molar-refractivity contribution in [2.45, 2.75) is 81.1 Å². The monoisotopic (exact) mass is 585 g/mol. The minimum Gasteiger partial charge on any atom is -0.481 e. The van der Waals surface area contributed by atoms with Crippen LogP contribution >= 0.6 is 0 Å². The van der Waals surface area contributed by atoms with Gasteiger partial charge in [0.2, 0.25) is 6.29 Å². The standard InChI is InChI=1S/C25H29NO9.C2HF3O/c1-13(23(30)31)33-18(28)5-6-19(29)34-16-7-8-25(32)17-11-14-3-4-15(12-27)21-20(14)24(25,22(16)35-21)9-10-26(17)2;3-2(4,5)1-6/h3-4,7,13,17,22,27,32H,5-6,8-12H2,1-2H3,(H,30,31);1H/t13-,17+,22-,24-,25+;/m0./s1. The van der Waals surface area contributed by atoms with Crippen molar-refractivity contribution in [3.63, 3.8) is 0 Å². The number of aliphatic hydroxyl groups excluding tert-OH is 1. The molecule has 0 amide bonds. The third-order valence-electron chi connectivity index (χ3n) is 8.18. The molecule has 5 rings (SSSR count). The number of rotatable bonds is 7. The summed E-state index contributed by atoms with van der Waals surface area (Å²) in [6.45, 7) is 1.74. The Balaban J connectivity index is 0.000000585. The molecule has 2 bridgehead atoms. The van der Waals surface area contributed by atoms with Gasteiger partial charge in [-0.2, -0.15) is 13.2 Å². The van der Waals surface area contributed by atoms with Crippen molar-refractivity contribution in [1.82, 2.24) is 4.90 Å². The van der Waals surface area contributed by atoms with Gasteiger partial charge in [-0.1, -0.05) is 12.1 Å². The number of carbonyl (C=O) groups is 4. The van der Waals surface area contributed by atoms with E-state index in [0.29, 0.717) is 24.2 Å². The van der Waals surface area contributed by atoms with Crippen molar-refractivity contribution in [3.05, 3.63) is 40.7 Å². The number of halogens is 3. The van der Waals surface area contributed by atoms with Gasteiger partial charge in [0, 0.05) is 23.6 Å². The molecule has 1 spiro atoms. The Morgan fingerprint density at radius 2 is 1.90 bits per heavy atom. The topological polar surface area (TPSA) is 160 Å². The molecule has 3 N–H and O–H groups in total. The molecule has 0 saturated carbocycles. The van der Waals surface area contributed by atoms with E-state index in [0.717, 1.165) is 17.7 Å². The van der Waals surface area contributed by atoms with Crippen LogP contribution in [0.5, 0.6) is 5.75 Å². The number of carboxylic acid groups (broad SMARTS) is 1. The number of ether oxygens (including phenoxy) is 3. The number of carboxylic acids is 1. The lowest BCUT2D eigenvalue weighted by Gasteiger charge is -2.61. The lowest BCUT2D eigenvalue weighted by molar-refractivity contribution is -0.170. The molecule has 0 aromatic heterocycles. The molecule has 11 nitrogen and oxygen atoms in total. The number of likely N-dealkylation sites (N-methyl/N-ethyl adjacent to an activating group) is 1. The summed E-state index contributed by atoms with van der Waals surface area (Å²) < 4.78 is 48.1. The summed E-state index contributed by atoms with van der Waals surface area (Å²) in [6.07, 6.45) is -5.18. The van der Waals surface area contributed by atoms with E-state index in [2.05, 4.69) is 4.90 Å². The zero-order valence-electron chi connectivity index (χ0n) is 22.3. The van der Waals surface area contributed by atoms with Gasteiger partial charge in [-0.15, -0.1) is 0 Å². The summed E-state index contributed by atoms with van der Waals surface area (Å²) in [7, 11) is 2.00. The second kappa shape index (κ2) is 11.1. The minimum atomic E-state index is -4.64. The zero-order valence-corrected chi connectivity index (χ0v) is 22.3. The Hall–Kier alpha value is -3.49. The molecule has 0 radical (unpaired) electrons. The first-order valence-electron chi connectivity index (χ1n) is 12.9. The molecule has 1 fully saturated rings. The van der Waals surface area contributed by atoms with Crippen molar-refractivity contribution in [1.29, 1.82) is 0 Å². The minimum absolute atomic E-state index is 0.139. The molecule has 2 heterocycles. The van der Waals surface area contributed by atoms with Crippen molar-refractivity contribution >= 4 is 24.2 Å². The normalized spacial score (nSPS) is 28.1. The fraction of sp³-hybridized carbons (Fsp3) is 0.556. The van der Waals surface area contributed by atoms with Crippen LogP contribution in [0.2, 0.25) is 0 Å². The van der Waals surface area contributed by atoms with E-state index < -0.39 is 53.6 Å². The molecule has 4 aliphatic rings. The maximum Gasteiger partial charge on any atom is 0.446 e. The molecule has 2 aliphatic carbocycles. The maximum absolute atomic E-state index is 12.6. The number of aliphatic hydroxyl groups is 2. The molecule has 224 valence electrons. The summed E-state index contributed by atoms with van der Waals surface area (Å²) in [5.41, 5.74) is 0.619. The lowest BCUT2D eigenvalue weighted by Crippen LogP contribution is -2.74. The molecule has 5 atom stereocenters. The highest BCUT2D eigenvalue weighted by Crippen LogP contribution is 2.64. The molecular formula is C27H30F3NO10. The van der Waals surface area contributed by atoms with Crippen LogP contribution in [0.1, 0.15) is 49.3 Å². The average Bonchev–Trinajstić information content (AvgIpc) is 3.27. The van der Waals surface area contributed by atoms with E-state index in [9.17, 15) is 37.8 Å². The van der Waals surface area contributed by atoms with Gasteiger partial charge >= 0.3 is 24.1 Å². The first kappa shape index (κ1) is 30.5. The van der Waals surface area contributed by atoms with Crippen molar-refractivity contribution in [3.8, 4) is 5.75 Å². The molecule has 41 heavy (non-hydrogen) atoms. The van der Waals surface area contributed by atoms with Gasteiger partial charge in [0.15, 0.2) is 12.2 Å². The number of piperidine rings is 1. The van der Waals surface area contributed by atoms with E-state index in [1.807, 2.05) is 19.2 Å². The number of likely N-dealkylation sites (tertiary alicyclic amines) is 1. The van der Waals surface area contributed by atoms with Gasteiger partial charge in [0.25, 0.3) is 0 Å². The maximum atomic E-state index is 12.6. The molecule has 1 aromatic carbocycles. The van der Waals surface area contributed by atoms with Gasteiger partial charge in [-0.25, -0.2) is 4.79 Å². The molecule has 14 heteroatoms. The highest BCUT2D eigenvalue weighted by Gasteiger charge is 2.71. The van der Waals surface area contributed by atoms with Crippen LogP contribution < -0.4 is 4.74 Å². The first-order valence-corrected chi connectivity index (χ1v) is 12.9. The number of nitrogens with zero attached hydrogens (tertiary/aromatic N) is 1. The van der Waals surface area contributed by atoms with Crippen LogP contribution in [-0.4, -0.2) is 88.0 Å². The van der Waals surface area contributed by atoms with E-state index in [4.69, 9.17) is 24.1 Å². The summed E-state index contributed by atoms with van der Waals surface area (Å²) in [5.74, 6) is -1.94. The molecule has 0 unspecified atom stereocenters. The van der Waals surface area contributed by atoms with Crippen molar-refractivity contribution < 1.29 is 61.9 Å². The molecule has 2 aliphatic heterocycles. The van der Waals surface area contributed by atoms with Crippen LogP contribution in [-0.2, 0) is 47.1 Å². The van der Waals surface area contributed by atoms with Crippen molar-refractivity contribution in [2.75, 3.05) is 13.6 Å². The van der Waals surface area contributed by atoms with Crippen LogP contribution in [0, 0.1) is 0 Å². The average molecular weight is 586 g/mol. The van der Waals surface area contributed by atoms with Gasteiger partial charge in [0.1, 0.15) is 11.5 Å². The van der Waals surface area contributed by atoms with E-state index in [-0.39, 0.29) is 37.7 Å². The summed E-state index contributed by atoms with van der Waals surface area (Å²) >= 11 is 0. The smallest absolute Gasteiger partial charge is 0.446 e. The number of aldehydes is 1. The second-order valence-electron chi connectivity index (χ2n) is 10.5. The van der Waals surface area contributed by atoms with Crippen LogP contribution in [0.3, 0.4) is 0 Å². The molecule has 1 saturated heterocycles. The number of esters is 2. The predicted molar refractivity (Wildman–Crippen MR) is 131 cm³/mol. The number of benzene rings is 1. The summed E-state index contributed by atoms with van der Waals surface area (Å²) in [6, 6.07) is 3.68. The van der Waals surface area contributed by atoms with Crippen LogP contribution in [0.4, 0.5) is 13.2 Å². The Morgan fingerprint density at radius 3 is 2.51 bits per heavy atom. The predicted octanol–water partition coefficient (Wildman–Crippen LogP) is 1.54. The van der Waals surface area contributed by atoms with Gasteiger partial charge in [-0.05, 0) is 45.0 Å². The quantitative estimate of drug-likeness (QED) is 0.315. The Kier molecular flexibility index (Phi) is 8.22. The highest BCUT2D eigenvalue weighted by molar-refractivity contribution is 5.81. The Morgan fingerprint density at radius 1 is 1.24 bits per heavy atom. The summed E-state index contributed by atoms with van der Waals surface area (Å²) in [4.78, 5) is 46.2. The lowest BCUT2D eigenvalue weighted by atomic mass is 9.50. The molecular weight excluding hydrogens is 555 g/mol.